The number of aromatic amines is 2. The number of methoxy groups -OCH3 is 2. The number of para-hydroxylation sites is 2. The highest BCUT2D eigenvalue weighted by Gasteiger charge is 2.64. The number of carbonyl (C=O) groups excluding carboxylic acids is 11. The van der Waals surface area contributed by atoms with E-state index in [-0.39, 0.29) is 105 Å². The number of aromatic nitrogens is 2. The van der Waals surface area contributed by atoms with Crippen molar-refractivity contribution >= 4 is 147 Å². The highest BCUT2D eigenvalue weighted by Crippen LogP contribution is 2.51. The van der Waals surface area contributed by atoms with Crippen LogP contribution >= 0.6 is 54.8 Å². The summed E-state index contributed by atoms with van der Waals surface area (Å²) in [6.07, 6.45) is 0.894. The number of ether oxygens (including phenoxy) is 5. The number of H-pyrrole nitrogens is 2. The lowest BCUT2D eigenvalue weighted by molar-refractivity contribution is -0.328. The second-order valence-electron chi connectivity index (χ2n) is 34.3. The van der Waals surface area contributed by atoms with Gasteiger partial charge in [-0.2, -0.15) is 0 Å². The van der Waals surface area contributed by atoms with E-state index in [1.54, 1.807) is 93.0 Å². The first kappa shape index (κ1) is 103. The summed E-state index contributed by atoms with van der Waals surface area (Å²) < 4.78 is 30.1. The number of aliphatic hydroxyl groups excluding tert-OH is 2. The summed E-state index contributed by atoms with van der Waals surface area (Å²) in [6.45, 7) is 8.19. The van der Waals surface area contributed by atoms with Gasteiger partial charge in [-0.05, 0) is 150 Å². The zero-order valence-electron chi connectivity index (χ0n) is 75.5. The van der Waals surface area contributed by atoms with Crippen LogP contribution in [-0.4, -0.2) is 267 Å². The van der Waals surface area contributed by atoms with Crippen LogP contribution in [0.4, 0.5) is 10.5 Å². The Morgan fingerprint density at radius 2 is 1.44 bits per heavy atom. The summed E-state index contributed by atoms with van der Waals surface area (Å²) in [5.41, 5.74) is 13.7. The number of phenols is 1. The first-order valence-corrected chi connectivity index (χ1v) is 49.3. The van der Waals surface area contributed by atoms with Gasteiger partial charge in [-0.15, -0.1) is 0 Å². The van der Waals surface area contributed by atoms with Crippen LogP contribution in [-0.2, 0) is 99.0 Å². The molecule has 6 bridgehead atoms. The Kier molecular flexibility index (Phi) is 37.0. The number of halogens is 1. The molecular formula is C93H120ClN15O20S4. The number of aliphatic hydroxyl groups is 3. The van der Waals surface area contributed by atoms with Gasteiger partial charge in [-0.25, -0.2) is 9.59 Å². The molecule has 5 aromatic carbocycles. The van der Waals surface area contributed by atoms with Crippen molar-refractivity contribution in [2.24, 2.45) is 11.5 Å². The van der Waals surface area contributed by atoms with Gasteiger partial charge in [-0.3, -0.25) is 53.8 Å². The number of anilines is 1. The number of aromatic hydroxyl groups is 1. The number of esters is 1. The van der Waals surface area contributed by atoms with E-state index in [1.165, 1.54) is 85.7 Å². The van der Waals surface area contributed by atoms with Crippen LogP contribution < -0.4 is 69.0 Å². The molecule has 3 unspecified atom stereocenters. The fourth-order valence-electron chi connectivity index (χ4n) is 16.5. The lowest BCUT2D eigenvalue weighted by Gasteiger charge is -2.59. The average molecular weight is 1930 g/mol. The molecule has 5 aliphatic rings. The fraction of sp³-hybridized carbons (Fsp3) is 0.473. The Labute approximate surface area is 792 Å². The minimum absolute atomic E-state index is 0.0332. The van der Waals surface area contributed by atoms with Gasteiger partial charge >= 0.3 is 12.1 Å². The van der Waals surface area contributed by atoms with E-state index in [1.807, 2.05) is 61.5 Å². The Morgan fingerprint density at radius 1 is 0.782 bits per heavy atom. The molecule has 718 valence electrons. The summed E-state index contributed by atoms with van der Waals surface area (Å²) in [5.74, 6) is -7.51. The summed E-state index contributed by atoms with van der Waals surface area (Å²) >= 11 is 6.91. The number of carbonyl (C=O) groups is 11. The number of likely N-dealkylation sites (N-methyl/N-ethyl adjacent to an activating group) is 1. The second-order valence-corrected chi connectivity index (χ2v) is 39.9. The molecule has 0 radical (unpaired) electrons. The molecular weight excluding hydrogens is 1810 g/mol. The molecule has 40 heteroatoms. The molecule has 3 fully saturated rings. The van der Waals surface area contributed by atoms with Gasteiger partial charge in [0.1, 0.15) is 88.5 Å². The molecule has 5 aliphatic heterocycles. The topological polar surface area (TPSA) is 513 Å². The molecule has 12 rings (SSSR count). The zero-order valence-corrected chi connectivity index (χ0v) is 79.6. The molecule has 35 nitrogen and oxygen atoms in total. The molecule has 7 aromatic rings. The third kappa shape index (κ3) is 27.5. The molecule has 17 atom stereocenters. The molecule has 0 spiro atoms. The van der Waals surface area contributed by atoms with Crippen molar-refractivity contribution in [2.75, 3.05) is 69.3 Å². The molecule has 0 saturated carbocycles. The van der Waals surface area contributed by atoms with Crippen LogP contribution in [0.5, 0.6) is 11.5 Å². The maximum atomic E-state index is 15.3. The van der Waals surface area contributed by atoms with Crippen molar-refractivity contribution in [3.05, 3.63) is 184 Å². The Balaban J connectivity index is 0.789. The normalized spacial score (nSPS) is 25.9. The smallest absolute Gasteiger partial charge is 0.409 e. The Hall–Kier alpha value is -10.4. The predicted octanol–water partition coefficient (Wildman–Crippen LogP) is 5.60. The number of alkyl carbamates (subject to hydrolysis) is 1. The van der Waals surface area contributed by atoms with E-state index >= 15 is 14.4 Å². The van der Waals surface area contributed by atoms with Gasteiger partial charge in [0.25, 0.3) is 0 Å². The number of benzene rings is 5. The molecule has 2 aromatic heterocycles. The summed E-state index contributed by atoms with van der Waals surface area (Å²) in [6, 6.07) is 20.4. The highest BCUT2D eigenvalue weighted by atomic mass is 35.5. The van der Waals surface area contributed by atoms with Crippen LogP contribution in [0, 0.1) is 0 Å². The number of hydrogen-bond donors (Lipinski definition) is 17. The van der Waals surface area contributed by atoms with Gasteiger partial charge in [0, 0.05) is 111 Å². The highest BCUT2D eigenvalue weighted by molar-refractivity contribution is 8.77. The van der Waals surface area contributed by atoms with E-state index < -0.39 is 174 Å². The van der Waals surface area contributed by atoms with E-state index in [9.17, 15) is 58.8 Å². The third-order valence-corrected chi connectivity index (χ3v) is 29.3. The van der Waals surface area contributed by atoms with E-state index in [4.69, 9.17) is 46.8 Å². The number of fused-ring (bicyclic) bond motifs is 8. The first-order chi connectivity index (χ1) is 63.5. The van der Waals surface area contributed by atoms with Crippen LogP contribution in [0.2, 0.25) is 5.02 Å². The number of hydrogen-bond acceptors (Lipinski definition) is 27. The van der Waals surface area contributed by atoms with Crippen LogP contribution in [0.3, 0.4) is 0 Å². The maximum absolute atomic E-state index is 15.3. The minimum Gasteiger partial charge on any atom is -0.508 e. The van der Waals surface area contributed by atoms with Crippen molar-refractivity contribution in [1.29, 1.82) is 0 Å². The van der Waals surface area contributed by atoms with Crippen molar-refractivity contribution < 1.29 is 96.9 Å². The zero-order chi connectivity index (χ0) is 96.0. The van der Waals surface area contributed by atoms with Gasteiger partial charge in [0.05, 0.1) is 43.4 Å². The van der Waals surface area contributed by atoms with Gasteiger partial charge in [0.2, 0.25) is 53.2 Å². The molecule has 19 N–H and O–H groups in total. The number of allylic oxidation sites excluding steroid dienone is 3. The monoisotopic (exact) mass is 1930 g/mol. The SMILES string of the molecule is COc1cc2cc(c1Cl)N(C)C(=O)C[C@H](OC(=O)[C@H](C)N(C)C(=O)CCSSCCNC(=O)C(Cc1c[nH]c3ccccc13)NC(=O)[C@@H]1CSSC[C@H](NC(=O)[C@H](N)Cc3ccccc3)C(=O)N[C@@H](Cc3ccc(O)cc3)C(O)N[C@H](Cc3c[nH]c4ccccc34)C(=O)N[C@@H](CCCCN)C(=O)N[C@@H]([C@@H](C)O)C(=O)N1)[C@@]1(C)CC(C)(O1)[C@@H]1C[C@@](O)(NC(=O)O1)[C@H](OC)/C=C/C=C(\C)C2. The third-order valence-electron chi connectivity index (χ3n) is 24.1. The number of nitrogens with two attached hydrogens (primary N) is 2. The Bertz CT molecular complexity index is 5320. The van der Waals surface area contributed by atoms with Gasteiger partial charge in [-0.1, -0.05) is 157 Å². The molecule has 0 aliphatic carbocycles. The molecule has 133 heavy (non-hydrogen) atoms. The molecule has 3 saturated heterocycles. The van der Waals surface area contributed by atoms with Crippen LogP contribution in [0.25, 0.3) is 21.8 Å². The quantitative estimate of drug-likeness (QED) is 0.0148. The number of nitrogens with zero attached hydrogens (tertiary/aromatic N) is 2. The minimum atomic E-state index is -1.97. The summed E-state index contributed by atoms with van der Waals surface area (Å²) in [5, 5.41) is 73.2. The van der Waals surface area contributed by atoms with E-state index in [2.05, 4.69) is 57.8 Å². The summed E-state index contributed by atoms with van der Waals surface area (Å²) in [7, 11) is 10.4. The number of rotatable bonds is 30. The van der Waals surface area contributed by atoms with Crippen molar-refractivity contribution in [3.8, 4) is 11.5 Å². The largest absolute Gasteiger partial charge is 0.508 e. The predicted molar refractivity (Wildman–Crippen MR) is 512 cm³/mol. The number of nitrogens with one attached hydrogen (secondary N) is 11. The lowest BCUT2D eigenvalue weighted by Crippen LogP contribution is -2.72. The molecule has 7 heterocycles. The number of phenolic OH excluding ortho intramolecular Hbond substituents is 1. The van der Waals surface area contributed by atoms with Crippen molar-refractivity contribution in [1.82, 2.24) is 62.7 Å². The molecule has 10 amide bonds. The van der Waals surface area contributed by atoms with Gasteiger partial charge in [0.15, 0.2) is 5.72 Å². The number of unbranched alkanes of at least 4 members (excludes halogenated alkanes) is 1. The lowest BCUT2D eigenvalue weighted by atomic mass is 9.72. The van der Waals surface area contributed by atoms with Crippen LogP contribution in [0.15, 0.2) is 151 Å². The average Bonchev–Trinajstić information content (AvgIpc) is 1.48. The maximum Gasteiger partial charge on any atom is 0.409 e. The number of amides is 10. The summed E-state index contributed by atoms with van der Waals surface area (Å²) in [4.78, 5) is 170. The second kappa shape index (κ2) is 47.7. The standard InChI is InChI=1S/C93H120ClN15O20S4/c1-52-20-19-28-74(126-9)93(124)46-76(128-90(123)107-93)92(5)51-91(4,129-92)75(45-78(113)109(7)72-41-57(38-52)42-73(125-8)79(72)94)127-89(122)53(2)108(6)77(112)33-36-130-131-37-35-97-82(115)68(43-58-47-98-64-25-15-13-23-61(58)64)102-87(120)71-50-133-132-49-70(104-81(114)63(96)39-55-21-11-10-12-22-55)86(119)101-67(40-56-29-31-60(111)32-30-56)84(117)103-69(44-59-48-99-65-26-16-14-24-62(59)65)85(118)100-66(27-17-18-34-95)83(116)106-80(54(3)110)88(121)105-71/h10-16,19-26,28-32,41-42,47-48,53-54,63,66-71,74-76,80,84,98-99,103,110-111,117,124H,17-18,27,33-40,43-46,49-51,95-96H2,1-9H3,(H,97,115)(H,100,118)(H,101,119)(H,102,120)(H,104,114)(H,105,121)(H,106,116)(H,107,123)/b28-19+,52-20+/t53-,54+,63+,66-,67-,68?,69+,70-,71-,74+,75-,76-,80-,84?,91+,92?,93-/m0/s1. The fourth-order valence-corrected chi connectivity index (χ4v) is 21.1. The Morgan fingerprint density at radius 3 is 2.13 bits per heavy atom. The van der Waals surface area contributed by atoms with Crippen LogP contribution in [0.1, 0.15) is 107 Å². The van der Waals surface area contributed by atoms with E-state index in [0.29, 0.717) is 41.0 Å². The van der Waals surface area contributed by atoms with Gasteiger partial charge < -0.3 is 113 Å². The van der Waals surface area contributed by atoms with Crippen molar-refractivity contribution in [2.45, 2.75) is 214 Å². The first-order valence-electron chi connectivity index (χ1n) is 44.0. The van der Waals surface area contributed by atoms with Crippen molar-refractivity contribution in [3.63, 3.8) is 0 Å². The van der Waals surface area contributed by atoms with E-state index in [0.717, 1.165) is 60.1 Å².